The van der Waals surface area contributed by atoms with Crippen LogP contribution in [0.3, 0.4) is 0 Å². The molecule has 3 rings (SSSR count). The van der Waals surface area contributed by atoms with Gasteiger partial charge in [-0.3, -0.25) is 4.79 Å². The van der Waals surface area contributed by atoms with E-state index in [-0.39, 0.29) is 17.7 Å². The third-order valence-corrected chi connectivity index (χ3v) is 4.60. The third kappa shape index (κ3) is 5.47. The first-order chi connectivity index (χ1) is 12.8. The summed E-state index contributed by atoms with van der Waals surface area (Å²) in [5.41, 5.74) is 1.99. The fourth-order valence-electron chi connectivity index (χ4n) is 3.11. The Labute approximate surface area is 155 Å². The van der Waals surface area contributed by atoms with E-state index in [2.05, 4.69) is 22.0 Å². The highest BCUT2D eigenvalue weighted by Crippen LogP contribution is 2.27. The van der Waals surface area contributed by atoms with Crippen LogP contribution in [0.4, 0.5) is 13.2 Å². The Morgan fingerprint density at radius 3 is 2.37 bits per heavy atom. The quantitative estimate of drug-likeness (QED) is 0.872. The summed E-state index contributed by atoms with van der Waals surface area (Å²) in [6, 6.07) is 12.8. The number of nitrogens with one attached hydrogen (secondary N) is 1. The molecule has 0 unspecified atom stereocenters. The Hall–Kier alpha value is -2.54. The van der Waals surface area contributed by atoms with Gasteiger partial charge in [-0.1, -0.05) is 24.3 Å². The highest BCUT2D eigenvalue weighted by Gasteiger charge is 2.31. The van der Waals surface area contributed by atoms with Gasteiger partial charge in [0.15, 0.2) is 0 Å². The lowest BCUT2D eigenvalue weighted by Crippen LogP contribution is -2.43. The van der Waals surface area contributed by atoms with Gasteiger partial charge in [0.2, 0.25) is 0 Å². The molecule has 7 heteroatoms. The number of alkyl halides is 3. The Morgan fingerprint density at radius 2 is 1.74 bits per heavy atom. The molecule has 0 aromatic heterocycles. The molecule has 4 nitrogen and oxygen atoms in total. The average molecular weight is 378 g/mol. The summed E-state index contributed by atoms with van der Waals surface area (Å²) in [5.74, 6) is -0.411. The van der Waals surface area contributed by atoms with Crippen LogP contribution in [-0.4, -0.2) is 43.3 Å². The topological polar surface area (TPSA) is 41.6 Å². The van der Waals surface area contributed by atoms with Crippen LogP contribution in [0.5, 0.6) is 5.75 Å². The number of carbonyl (C=O) groups excluding carboxylic acids is 1. The second-order valence-electron chi connectivity index (χ2n) is 6.70. The molecule has 1 aliphatic heterocycles. The molecule has 1 aliphatic rings. The molecule has 0 spiro atoms. The summed E-state index contributed by atoms with van der Waals surface area (Å²) in [5, 5.41) is 3.06. The van der Waals surface area contributed by atoms with Crippen molar-refractivity contribution in [3.05, 3.63) is 54.1 Å². The van der Waals surface area contributed by atoms with Gasteiger partial charge in [0.05, 0.1) is 0 Å². The lowest BCUT2D eigenvalue weighted by Gasteiger charge is -2.29. The molecule has 0 radical (unpaired) electrons. The predicted octanol–water partition coefficient (Wildman–Crippen LogP) is 4.08. The number of amides is 1. The monoisotopic (exact) mass is 378 g/mol. The van der Waals surface area contributed by atoms with Gasteiger partial charge < -0.3 is 15.0 Å². The predicted molar refractivity (Wildman–Crippen MR) is 96.5 cm³/mol. The van der Waals surface area contributed by atoms with Crippen molar-refractivity contribution >= 4 is 5.91 Å². The van der Waals surface area contributed by atoms with Gasteiger partial charge in [-0.05, 0) is 68.4 Å². The molecule has 0 saturated carbocycles. The van der Waals surface area contributed by atoms with Gasteiger partial charge in [-0.25, -0.2) is 0 Å². The van der Waals surface area contributed by atoms with Crippen molar-refractivity contribution in [3.63, 3.8) is 0 Å². The van der Waals surface area contributed by atoms with Crippen molar-refractivity contribution in [2.45, 2.75) is 25.2 Å². The van der Waals surface area contributed by atoms with E-state index in [0.717, 1.165) is 31.5 Å². The van der Waals surface area contributed by atoms with Crippen molar-refractivity contribution in [3.8, 4) is 16.9 Å². The lowest BCUT2D eigenvalue weighted by atomic mass is 10.0. The molecular formula is C20H21F3N2O2. The number of nitrogens with zero attached hydrogens (tertiary/aromatic N) is 1. The number of ether oxygens (including phenoxy) is 1. The fraction of sp³-hybridized carbons (Fsp3) is 0.350. The number of benzene rings is 2. The molecule has 1 saturated heterocycles. The second kappa shape index (κ2) is 8.00. The largest absolute Gasteiger partial charge is 0.573 e. The molecule has 27 heavy (non-hydrogen) atoms. The third-order valence-electron chi connectivity index (χ3n) is 4.60. The zero-order chi connectivity index (χ0) is 19.4. The van der Waals surface area contributed by atoms with Crippen molar-refractivity contribution in [1.29, 1.82) is 0 Å². The van der Waals surface area contributed by atoms with Gasteiger partial charge in [-0.15, -0.1) is 13.2 Å². The van der Waals surface area contributed by atoms with E-state index in [1.54, 1.807) is 18.2 Å². The summed E-state index contributed by atoms with van der Waals surface area (Å²) >= 11 is 0. The van der Waals surface area contributed by atoms with Crippen LogP contribution in [0.15, 0.2) is 48.5 Å². The summed E-state index contributed by atoms with van der Waals surface area (Å²) in [7, 11) is 2.06. The van der Waals surface area contributed by atoms with Gasteiger partial charge in [0.25, 0.3) is 5.91 Å². The van der Waals surface area contributed by atoms with E-state index >= 15 is 0 Å². The van der Waals surface area contributed by atoms with Crippen LogP contribution in [0.2, 0.25) is 0 Å². The number of halogens is 3. The minimum Gasteiger partial charge on any atom is -0.406 e. The molecular weight excluding hydrogens is 357 g/mol. The number of hydrogen-bond acceptors (Lipinski definition) is 3. The van der Waals surface area contributed by atoms with E-state index in [1.807, 2.05) is 6.07 Å². The first-order valence-electron chi connectivity index (χ1n) is 8.76. The minimum atomic E-state index is -4.71. The van der Waals surface area contributed by atoms with E-state index in [9.17, 15) is 18.0 Å². The second-order valence-corrected chi connectivity index (χ2v) is 6.70. The zero-order valence-corrected chi connectivity index (χ0v) is 14.9. The van der Waals surface area contributed by atoms with Crippen LogP contribution in [0.25, 0.3) is 11.1 Å². The maximum absolute atomic E-state index is 12.5. The van der Waals surface area contributed by atoms with Crippen LogP contribution in [0.1, 0.15) is 23.2 Å². The normalized spacial score (nSPS) is 16.1. The number of carbonyl (C=O) groups is 1. The standard InChI is InChI=1S/C20H21F3N2O2/c1-25-11-9-17(10-12-25)24-19(26)16-4-2-3-15(13-16)14-5-7-18(8-6-14)27-20(21,22)23/h2-8,13,17H,9-12H2,1H3,(H,24,26). The SMILES string of the molecule is CN1CCC(NC(=O)c2cccc(-c3ccc(OC(F)(F)F)cc3)c2)CC1. The number of likely N-dealkylation sites (tertiary alicyclic amines) is 1. The molecule has 2 aromatic rings. The Morgan fingerprint density at radius 1 is 1.07 bits per heavy atom. The van der Waals surface area contributed by atoms with Crippen LogP contribution in [-0.2, 0) is 0 Å². The van der Waals surface area contributed by atoms with Crippen molar-refractivity contribution < 1.29 is 22.7 Å². The summed E-state index contributed by atoms with van der Waals surface area (Å²) in [4.78, 5) is 14.8. The number of hydrogen-bond donors (Lipinski definition) is 1. The number of rotatable bonds is 4. The maximum Gasteiger partial charge on any atom is 0.573 e. The van der Waals surface area contributed by atoms with Gasteiger partial charge in [-0.2, -0.15) is 0 Å². The van der Waals surface area contributed by atoms with Gasteiger partial charge in [0, 0.05) is 11.6 Å². The van der Waals surface area contributed by atoms with Crippen molar-refractivity contribution in [2.75, 3.05) is 20.1 Å². The Bertz CT molecular complexity index is 783. The minimum absolute atomic E-state index is 0.136. The summed E-state index contributed by atoms with van der Waals surface area (Å²) in [6.45, 7) is 1.91. The molecule has 1 N–H and O–H groups in total. The molecule has 0 bridgehead atoms. The smallest absolute Gasteiger partial charge is 0.406 e. The van der Waals surface area contributed by atoms with Crippen molar-refractivity contribution in [2.24, 2.45) is 0 Å². The summed E-state index contributed by atoms with van der Waals surface area (Å²) < 4.78 is 40.6. The van der Waals surface area contributed by atoms with Crippen LogP contribution < -0.4 is 10.1 Å². The molecule has 2 aromatic carbocycles. The molecule has 1 fully saturated rings. The van der Waals surface area contributed by atoms with E-state index in [4.69, 9.17) is 0 Å². The van der Waals surface area contributed by atoms with Gasteiger partial charge >= 0.3 is 6.36 Å². The Balaban J connectivity index is 1.68. The Kier molecular flexibility index (Phi) is 5.70. The molecule has 0 atom stereocenters. The first-order valence-corrected chi connectivity index (χ1v) is 8.76. The van der Waals surface area contributed by atoms with Gasteiger partial charge in [0.1, 0.15) is 5.75 Å². The highest BCUT2D eigenvalue weighted by molar-refractivity contribution is 5.95. The molecule has 1 amide bonds. The van der Waals surface area contributed by atoms with E-state index < -0.39 is 6.36 Å². The molecule has 1 heterocycles. The summed E-state index contributed by atoms with van der Waals surface area (Å²) in [6.07, 6.45) is -2.88. The first kappa shape index (κ1) is 19.2. The molecule has 0 aliphatic carbocycles. The fourth-order valence-corrected chi connectivity index (χ4v) is 3.11. The highest BCUT2D eigenvalue weighted by atomic mass is 19.4. The van der Waals surface area contributed by atoms with E-state index in [0.29, 0.717) is 11.1 Å². The zero-order valence-electron chi connectivity index (χ0n) is 14.9. The average Bonchev–Trinajstić information content (AvgIpc) is 2.63. The van der Waals surface area contributed by atoms with Crippen LogP contribution in [0, 0.1) is 0 Å². The lowest BCUT2D eigenvalue weighted by molar-refractivity contribution is -0.274. The number of piperidine rings is 1. The molecule has 144 valence electrons. The van der Waals surface area contributed by atoms with Crippen LogP contribution >= 0.6 is 0 Å². The maximum atomic E-state index is 12.5. The van der Waals surface area contributed by atoms with Crippen molar-refractivity contribution in [1.82, 2.24) is 10.2 Å². The van der Waals surface area contributed by atoms with E-state index in [1.165, 1.54) is 24.3 Å².